The first-order valence-electron chi connectivity index (χ1n) is 12.6. The minimum atomic E-state index is -4.25. The zero-order valence-corrected chi connectivity index (χ0v) is 26.4. The van der Waals surface area contributed by atoms with Gasteiger partial charge in [-0.3, -0.25) is 13.9 Å². The molecule has 0 heterocycles. The molecule has 41 heavy (non-hydrogen) atoms. The van der Waals surface area contributed by atoms with E-state index in [0.717, 1.165) is 4.31 Å². The van der Waals surface area contributed by atoms with E-state index in [0.29, 0.717) is 26.4 Å². The summed E-state index contributed by atoms with van der Waals surface area (Å²) >= 11 is 18.9. The molecule has 0 saturated carbocycles. The normalized spacial score (nSPS) is 12.4. The first kappa shape index (κ1) is 32.5. The van der Waals surface area contributed by atoms with Gasteiger partial charge in [-0.15, -0.1) is 0 Å². The Bertz CT molecular complexity index is 1470. The molecule has 1 atom stereocenters. The Balaban J connectivity index is 2.07. The smallest absolute Gasteiger partial charge is 0.264 e. The molecule has 3 rings (SSSR count). The Hall–Kier alpha value is -2.98. The SMILES string of the molecule is COc1ccc(S(=O)(=O)N(CC(=O)N(Cc2c(Cl)cccc2Cl)[C@H](C)C(=O)NC(C)(C)C)c2ccc(Cl)cc2)cc1. The topological polar surface area (TPSA) is 96.0 Å². The standard InChI is InChI=1S/C29H32Cl3N3O5S/c1-19(28(37)33-29(2,3)4)34(17-24-25(31)7-6-8-26(24)32)27(36)18-35(21-11-9-20(30)10-12-21)41(38,39)23-15-13-22(40-5)14-16-23/h6-16,19H,17-18H2,1-5H3,(H,33,37)/t19-/m1/s1. The highest BCUT2D eigenvalue weighted by Gasteiger charge is 2.34. The molecule has 220 valence electrons. The molecule has 0 fully saturated rings. The van der Waals surface area contributed by atoms with Gasteiger partial charge < -0.3 is 15.0 Å². The van der Waals surface area contributed by atoms with Gasteiger partial charge in [-0.05, 0) is 88.4 Å². The number of rotatable bonds is 10. The van der Waals surface area contributed by atoms with Crippen LogP contribution in [-0.2, 0) is 26.2 Å². The third kappa shape index (κ3) is 8.29. The van der Waals surface area contributed by atoms with Crippen molar-refractivity contribution in [3.8, 4) is 5.75 Å². The molecule has 0 bridgehead atoms. The van der Waals surface area contributed by atoms with E-state index >= 15 is 0 Å². The quantitative estimate of drug-likeness (QED) is 0.286. The highest BCUT2D eigenvalue weighted by molar-refractivity contribution is 7.92. The third-order valence-corrected chi connectivity index (χ3v) is 8.84. The molecule has 0 aliphatic heterocycles. The summed E-state index contributed by atoms with van der Waals surface area (Å²) in [5.41, 5.74) is 0.0616. The fourth-order valence-corrected chi connectivity index (χ4v) is 5.98. The van der Waals surface area contributed by atoms with Gasteiger partial charge in [0.05, 0.1) is 17.7 Å². The molecular weight excluding hydrogens is 609 g/mol. The Labute approximate surface area is 256 Å². The maximum atomic E-state index is 14.0. The van der Waals surface area contributed by atoms with Crippen LogP contribution in [-0.4, -0.2) is 50.4 Å². The van der Waals surface area contributed by atoms with Crippen molar-refractivity contribution in [2.24, 2.45) is 0 Å². The van der Waals surface area contributed by atoms with Crippen molar-refractivity contribution in [3.63, 3.8) is 0 Å². The molecule has 0 aliphatic rings. The summed E-state index contributed by atoms with van der Waals surface area (Å²) in [6.07, 6.45) is 0. The van der Waals surface area contributed by atoms with Crippen molar-refractivity contribution in [2.45, 2.75) is 50.7 Å². The van der Waals surface area contributed by atoms with E-state index in [9.17, 15) is 18.0 Å². The van der Waals surface area contributed by atoms with E-state index in [1.165, 1.54) is 60.5 Å². The number of nitrogens with one attached hydrogen (secondary N) is 1. The average molecular weight is 641 g/mol. The number of hydrogen-bond acceptors (Lipinski definition) is 5. The highest BCUT2D eigenvalue weighted by atomic mass is 35.5. The molecule has 3 aromatic rings. The molecule has 3 aromatic carbocycles. The number of methoxy groups -OCH3 is 1. The van der Waals surface area contributed by atoms with Gasteiger partial charge in [0.15, 0.2) is 0 Å². The van der Waals surface area contributed by atoms with E-state index in [-0.39, 0.29) is 17.1 Å². The van der Waals surface area contributed by atoms with Crippen LogP contribution in [0.15, 0.2) is 71.6 Å². The number of halogens is 3. The van der Waals surface area contributed by atoms with Crippen LogP contribution in [0.1, 0.15) is 33.3 Å². The number of carbonyl (C=O) groups is 2. The summed E-state index contributed by atoms with van der Waals surface area (Å²) in [5, 5.41) is 3.87. The van der Waals surface area contributed by atoms with E-state index in [2.05, 4.69) is 5.32 Å². The van der Waals surface area contributed by atoms with Gasteiger partial charge in [0, 0.05) is 32.7 Å². The number of sulfonamides is 1. The molecule has 12 heteroatoms. The van der Waals surface area contributed by atoms with Crippen LogP contribution >= 0.6 is 34.8 Å². The molecule has 0 radical (unpaired) electrons. The van der Waals surface area contributed by atoms with Crippen molar-refractivity contribution in [1.29, 1.82) is 0 Å². The van der Waals surface area contributed by atoms with Crippen molar-refractivity contribution in [2.75, 3.05) is 18.0 Å². The lowest BCUT2D eigenvalue weighted by Crippen LogP contribution is -2.54. The summed E-state index contributed by atoms with van der Waals surface area (Å²) in [6.45, 7) is 6.27. The number of hydrogen-bond donors (Lipinski definition) is 1. The second kappa shape index (κ2) is 13.3. The molecule has 0 aromatic heterocycles. The van der Waals surface area contributed by atoms with Crippen molar-refractivity contribution >= 4 is 62.3 Å². The minimum Gasteiger partial charge on any atom is -0.497 e. The average Bonchev–Trinajstić information content (AvgIpc) is 2.90. The van der Waals surface area contributed by atoms with Crippen molar-refractivity contribution in [1.82, 2.24) is 10.2 Å². The van der Waals surface area contributed by atoms with Crippen LogP contribution in [0.2, 0.25) is 15.1 Å². The largest absolute Gasteiger partial charge is 0.497 e. The number of carbonyl (C=O) groups excluding carboxylic acids is 2. The molecule has 0 unspecified atom stereocenters. The maximum absolute atomic E-state index is 14.0. The number of ether oxygens (including phenoxy) is 1. The first-order chi connectivity index (χ1) is 19.1. The lowest BCUT2D eigenvalue weighted by Gasteiger charge is -2.33. The van der Waals surface area contributed by atoms with Crippen LogP contribution in [0.25, 0.3) is 0 Å². The fraction of sp³-hybridized carbons (Fsp3) is 0.310. The van der Waals surface area contributed by atoms with E-state index < -0.39 is 40.0 Å². The number of benzene rings is 3. The highest BCUT2D eigenvalue weighted by Crippen LogP contribution is 2.29. The van der Waals surface area contributed by atoms with Gasteiger partial charge in [0.2, 0.25) is 11.8 Å². The van der Waals surface area contributed by atoms with Crippen LogP contribution in [0.3, 0.4) is 0 Å². The van der Waals surface area contributed by atoms with Gasteiger partial charge in [-0.25, -0.2) is 8.42 Å². The van der Waals surface area contributed by atoms with Crippen LogP contribution in [0.4, 0.5) is 5.69 Å². The number of nitrogens with zero attached hydrogens (tertiary/aromatic N) is 2. The zero-order valence-electron chi connectivity index (χ0n) is 23.3. The van der Waals surface area contributed by atoms with E-state index in [1.807, 2.05) is 20.8 Å². The molecule has 2 amide bonds. The Morgan fingerprint density at radius 2 is 1.49 bits per heavy atom. The molecule has 0 spiro atoms. The van der Waals surface area contributed by atoms with Crippen LogP contribution in [0, 0.1) is 0 Å². The van der Waals surface area contributed by atoms with Gasteiger partial charge in [-0.1, -0.05) is 40.9 Å². The van der Waals surface area contributed by atoms with Crippen molar-refractivity contribution in [3.05, 3.63) is 87.4 Å². The number of amides is 2. The lowest BCUT2D eigenvalue weighted by atomic mass is 10.1. The summed E-state index contributed by atoms with van der Waals surface area (Å²) in [6, 6.07) is 15.8. The molecule has 0 aliphatic carbocycles. The Morgan fingerprint density at radius 1 is 0.927 bits per heavy atom. The summed E-state index contributed by atoms with van der Waals surface area (Å²) < 4.78 is 33.9. The van der Waals surface area contributed by atoms with E-state index in [4.69, 9.17) is 39.5 Å². The first-order valence-corrected chi connectivity index (χ1v) is 15.2. The lowest BCUT2D eigenvalue weighted by molar-refractivity contribution is -0.140. The van der Waals surface area contributed by atoms with Gasteiger partial charge in [0.1, 0.15) is 18.3 Å². The third-order valence-electron chi connectivity index (χ3n) is 6.10. The van der Waals surface area contributed by atoms with Gasteiger partial charge in [-0.2, -0.15) is 0 Å². The second-order valence-corrected chi connectivity index (χ2v) is 13.4. The predicted molar refractivity (Wildman–Crippen MR) is 163 cm³/mol. The molecule has 1 N–H and O–H groups in total. The van der Waals surface area contributed by atoms with Crippen LogP contribution < -0.4 is 14.4 Å². The van der Waals surface area contributed by atoms with Gasteiger partial charge in [0.25, 0.3) is 10.0 Å². The van der Waals surface area contributed by atoms with E-state index in [1.54, 1.807) is 25.1 Å². The summed E-state index contributed by atoms with van der Waals surface area (Å²) in [5.74, 6) is -0.603. The second-order valence-electron chi connectivity index (χ2n) is 10.3. The zero-order chi connectivity index (χ0) is 30.5. The van der Waals surface area contributed by atoms with Gasteiger partial charge >= 0.3 is 0 Å². The van der Waals surface area contributed by atoms with Crippen molar-refractivity contribution < 1.29 is 22.7 Å². The molecule has 8 nitrogen and oxygen atoms in total. The summed E-state index contributed by atoms with van der Waals surface area (Å²) in [7, 11) is -2.78. The maximum Gasteiger partial charge on any atom is 0.264 e. The summed E-state index contributed by atoms with van der Waals surface area (Å²) in [4.78, 5) is 28.4. The number of anilines is 1. The van der Waals surface area contributed by atoms with Crippen LogP contribution in [0.5, 0.6) is 5.75 Å². The Morgan fingerprint density at radius 3 is 2.00 bits per heavy atom. The predicted octanol–water partition coefficient (Wildman–Crippen LogP) is 6.18. The monoisotopic (exact) mass is 639 g/mol. The molecular formula is C29H32Cl3N3O5S. The fourth-order valence-electron chi connectivity index (χ4n) is 3.92. The molecule has 0 saturated heterocycles. The minimum absolute atomic E-state index is 0.0553. The Kier molecular flexibility index (Phi) is 10.6.